The number of hydrogen-bond acceptors (Lipinski definition) is 1. The summed E-state index contributed by atoms with van der Waals surface area (Å²) in [6.45, 7) is 0. The zero-order valence-electron chi connectivity index (χ0n) is 4.81. The molecule has 0 saturated carbocycles. The van der Waals surface area contributed by atoms with E-state index in [0.29, 0.717) is 0 Å². The highest BCUT2D eigenvalue weighted by Gasteiger charge is 1.68. The highest BCUT2D eigenvalue weighted by molar-refractivity contribution is 6.15. The molecule has 0 spiro atoms. The molecule has 3 heteroatoms. The van der Waals surface area contributed by atoms with Crippen LogP contribution >= 0.6 is 11.6 Å². The minimum Gasteiger partial charge on any atom is -0.351 e. The average Bonchev–Trinajstić information content (AvgIpc) is 1.73. The van der Waals surface area contributed by atoms with Gasteiger partial charge in [-0.2, -0.15) is 0 Å². The van der Waals surface area contributed by atoms with Crippen molar-refractivity contribution in [1.82, 2.24) is 4.90 Å². The Balaban J connectivity index is 0. The summed E-state index contributed by atoms with van der Waals surface area (Å²) in [7, 11) is 3.38. The minimum atomic E-state index is 0.750. The van der Waals surface area contributed by atoms with Crippen LogP contribution in [0.5, 0.6) is 0 Å². The highest BCUT2D eigenvalue weighted by Crippen LogP contribution is 1.52. The van der Waals surface area contributed by atoms with Crippen LogP contribution in [0.2, 0.25) is 0 Å². The van der Waals surface area contributed by atoms with Gasteiger partial charge in [0, 0.05) is 20.5 Å². The third-order valence-corrected chi connectivity index (χ3v) is 0.211. The average molecular weight is 124 g/mol. The molecule has 0 aliphatic heterocycles. The Morgan fingerprint density at radius 1 is 1.43 bits per heavy atom. The molecule has 0 bridgehead atoms. The van der Waals surface area contributed by atoms with E-state index in [0.717, 1.165) is 6.41 Å². The van der Waals surface area contributed by atoms with Crippen molar-refractivity contribution < 1.29 is 4.79 Å². The molecular formula is C4H10ClNO. The number of nitrogens with zero attached hydrogens (tertiary/aromatic N) is 1. The molecule has 0 unspecified atom stereocenters. The Labute approximate surface area is 49.1 Å². The third kappa shape index (κ3) is 26.3. The summed E-state index contributed by atoms with van der Waals surface area (Å²) in [6, 6.07) is 0. The molecule has 0 atom stereocenters. The van der Waals surface area contributed by atoms with Gasteiger partial charge in [0.15, 0.2) is 0 Å². The molecule has 1 amide bonds. The lowest BCUT2D eigenvalue weighted by molar-refractivity contribution is -0.115. The zero-order valence-corrected chi connectivity index (χ0v) is 5.57. The lowest BCUT2D eigenvalue weighted by atomic mass is 11.0. The molecule has 0 N–H and O–H groups in total. The van der Waals surface area contributed by atoms with Gasteiger partial charge in [-0.1, -0.05) is 0 Å². The Hall–Kier alpha value is -0.240. The first kappa shape index (κ1) is 9.90. The van der Waals surface area contributed by atoms with Crippen LogP contribution in [0, 0.1) is 0 Å². The third-order valence-electron chi connectivity index (χ3n) is 0.211. The van der Waals surface area contributed by atoms with Gasteiger partial charge in [-0.15, -0.1) is 11.6 Å². The summed E-state index contributed by atoms with van der Waals surface area (Å²) in [5.41, 5.74) is 0. The molecule has 7 heavy (non-hydrogen) atoms. The van der Waals surface area contributed by atoms with Crippen LogP contribution < -0.4 is 0 Å². The summed E-state index contributed by atoms with van der Waals surface area (Å²) < 4.78 is 0. The summed E-state index contributed by atoms with van der Waals surface area (Å²) in [5.74, 6) is 0. The van der Waals surface area contributed by atoms with Crippen molar-refractivity contribution in [2.24, 2.45) is 0 Å². The van der Waals surface area contributed by atoms with Gasteiger partial charge >= 0.3 is 0 Å². The van der Waals surface area contributed by atoms with Crippen LogP contribution in [0.1, 0.15) is 0 Å². The number of carbonyl (C=O) groups is 1. The van der Waals surface area contributed by atoms with Crippen molar-refractivity contribution in [3.8, 4) is 0 Å². The number of amides is 1. The predicted octanol–water partition coefficient (Wildman–Crippen LogP) is 0.559. The molecule has 0 aliphatic rings. The zero-order chi connectivity index (χ0) is 6.28. The van der Waals surface area contributed by atoms with Gasteiger partial charge in [0.25, 0.3) is 0 Å². The van der Waals surface area contributed by atoms with Gasteiger partial charge in [-0.05, 0) is 0 Å². The fourth-order valence-corrected chi connectivity index (χ4v) is 0. The number of halogens is 1. The van der Waals surface area contributed by atoms with Crippen molar-refractivity contribution in [3.05, 3.63) is 0 Å². The molecule has 0 radical (unpaired) electrons. The smallest absolute Gasteiger partial charge is 0.209 e. The molecular weight excluding hydrogens is 114 g/mol. The monoisotopic (exact) mass is 123 g/mol. The van der Waals surface area contributed by atoms with E-state index in [2.05, 4.69) is 11.6 Å². The van der Waals surface area contributed by atoms with Crippen LogP contribution in [-0.4, -0.2) is 31.8 Å². The molecule has 0 heterocycles. The largest absolute Gasteiger partial charge is 0.351 e. The number of carbonyl (C=O) groups excluding carboxylic acids is 1. The summed E-state index contributed by atoms with van der Waals surface area (Å²) in [6.07, 6.45) is 2.22. The van der Waals surface area contributed by atoms with Crippen molar-refractivity contribution in [3.63, 3.8) is 0 Å². The Bertz CT molecular complexity index is 38.7. The van der Waals surface area contributed by atoms with E-state index >= 15 is 0 Å². The summed E-state index contributed by atoms with van der Waals surface area (Å²) in [4.78, 5) is 10.9. The second-order valence-corrected chi connectivity index (χ2v) is 1.07. The van der Waals surface area contributed by atoms with E-state index in [1.165, 1.54) is 11.3 Å². The second kappa shape index (κ2) is 9.23. The van der Waals surface area contributed by atoms with E-state index in [4.69, 9.17) is 0 Å². The van der Waals surface area contributed by atoms with E-state index in [-0.39, 0.29) is 0 Å². The lowest BCUT2D eigenvalue weighted by Gasteiger charge is -1.93. The lowest BCUT2D eigenvalue weighted by Crippen LogP contribution is -2.06. The number of alkyl halides is 1. The first-order valence-electron chi connectivity index (χ1n) is 1.77. The summed E-state index contributed by atoms with van der Waals surface area (Å²) in [5, 5.41) is 0. The first-order valence-corrected chi connectivity index (χ1v) is 2.52. The SMILES string of the molecule is CCl.CN(C)C=O. The van der Waals surface area contributed by atoms with Crippen LogP contribution in [0.15, 0.2) is 0 Å². The number of hydrogen-bond donors (Lipinski definition) is 0. The standard InChI is InChI=1S/C3H7NO.CH3Cl/c1-4(2)3-5;1-2/h3H,1-2H3;1H3. The maximum atomic E-state index is 9.43. The van der Waals surface area contributed by atoms with Gasteiger partial charge in [0.05, 0.1) is 0 Å². The Kier molecular flexibility index (Phi) is 13.1. The first-order chi connectivity index (χ1) is 3.27. The molecule has 0 saturated heterocycles. The normalized spacial score (nSPS) is 5.71. The fourth-order valence-electron chi connectivity index (χ4n) is 0. The van der Waals surface area contributed by atoms with Crippen LogP contribution in [-0.2, 0) is 4.79 Å². The van der Waals surface area contributed by atoms with Crippen molar-refractivity contribution in [2.45, 2.75) is 0 Å². The maximum absolute atomic E-state index is 9.43. The Morgan fingerprint density at radius 2 is 1.57 bits per heavy atom. The van der Waals surface area contributed by atoms with Crippen molar-refractivity contribution in [1.29, 1.82) is 0 Å². The van der Waals surface area contributed by atoms with Gasteiger partial charge in [0.1, 0.15) is 0 Å². The van der Waals surface area contributed by atoms with E-state index in [1.54, 1.807) is 14.1 Å². The van der Waals surface area contributed by atoms with Gasteiger partial charge in [-0.25, -0.2) is 0 Å². The van der Waals surface area contributed by atoms with Crippen LogP contribution in [0.4, 0.5) is 0 Å². The molecule has 2 nitrogen and oxygen atoms in total. The molecule has 0 aromatic heterocycles. The Morgan fingerprint density at radius 3 is 1.57 bits per heavy atom. The topological polar surface area (TPSA) is 20.3 Å². The molecule has 0 rings (SSSR count). The van der Waals surface area contributed by atoms with Crippen molar-refractivity contribution >= 4 is 18.0 Å². The fraction of sp³-hybridized carbons (Fsp3) is 0.750. The molecule has 0 aliphatic carbocycles. The van der Waals surface area contributed by atoms with Crippen LogP contribution in [0.3, 0.4) is 0 Å². The minimum absolute atomic E-state index is 0.750. The quantitative estimate of drug-likeness (QED) is 0.369. The van der Waals surface area contributed by atoms with E-state index in [1.807, 2.05) is 0 Å². The molecule has 0 aromatic rings. The predicted molar refractivity (Wildman–Crippen MR) is 31.5 cm³/mol. The van der Waals surface area contributed by atoms with E-state index in [9.17, 15) is 4.79 Å². The summed E-state index contributed by atoms with van der Waals surface area (Å²) >= 11 is 4.64. The highest BCUT2D eigenvalue weighted by atomic mass is 35.5. The van der Waals surface area contributed by atoms with Crippen LogP contribution in [0.25, 0.3) is 0 Å². The van der Waals surface area contributed by atoms with Crippen molar-refractivity contribution in [2.75, 3.05) is 20.5 Å². The van der Waals surface area contributed by atoms with Gasteiger partial charge < -0.3 is 4.90 Å². The molecule has 44 valence electrons. The number of rotatable bonds is 1. The van der Waals surface area contributed by atoms with Gasteiger partial charge in [0.2, 0.25) is 6.41 Å². The molecule has 0 aromatic carbocycles. The molecule has 0 fully saturated rings. The maximum Gasteiger partial charge on any atom is 0.209 e. The second-order valence-electron chi connectivity index (χ2n) is 1.07. The van der Waals surface area contributed by atoms with E-state index < -0.39 is 0 Å². The van der Waals surface area contributed by atoms with Gasteiger partial charge in [-0.3, -0.25) is 4.79 Å².